The summed E-state index contributed by atoms with van der Waals surface area (Å²) >= 11 is 0. The summed E-state index contributed by atoms with van der Waals surface area (Å²) in [5, 5.41) is 11.6. The molecule has 0 saturated heterocycles. The van der Waals surface area contributed by atoms with Crippen LogP contribution < -0.4 is 4.74 Å². The van der Waals surface area contributed by atoms with Crippen LogP contribution in [0.5, 0.6) is 5.75 Å². The highest BCUT2D eigenvalue weighted by atomic mass is 19.4. The van der Waals surface area contributed by atoms with Gasteiger partial charge in [0.05, 0.1) is 5.69 Å². The third-order valence-electron chi connectivity index (χ3n) is 4.93. The SMILES string of the molecule is Cc1cc(-c2ccc(C(O)(c3cncnc3)C(C)(C)C)nc2)ccc1OC(F)(F)F. The molecule has 0 amide bonds. The zero-order chi connectivity index (χ0) is 22.2. The summed E-state index contributed by atoms with van der Waals surface area (Å²) in [6.07, 6.45) is 1.33. The van der Waals surface area contributed by atoms with Crippen LogP contribution in [-0.2, 0) is 5.60 Å². The molecular weight excluding hydrogens is 395 g/mol. The van der Waals surface area contributed by atoms with E-state index < -0.39 is 17.4 Å². The van der Waals surface area contributed by atoms with Crippen LogP contribution in [0.3, 0.4) is 0 Å². The lowest BCUT2D eigenvalue weighted by atomic mass is 9.70. The highest BCUT2D eigenvalue weighted by Crippen LogP contribution is 2.43. The molecular formula is C22H22F3N3O2. The van der Waals surface area contributed by atoms with Crippen molar-refractivity contribution in [1.82, 2.24) is 15.0 Å². The summed E-state index contributed by atoms with van der Waals surface area (Å²) in [6, 6.07) is 7.87. The second kappa shape index (κ2) is 7.68. The van der Waals surface area contributed by atoms with Crippen LogP contribution >= 0.6 is 0 Å². The van der Waals surface area contributed by atoms with Crippen molar-refractivity contribution in [1.29, 1.82) is 0 Å². The molecule has 0 aliphatic rings. The molecule has 1 unspecified atom stereocenters. The van der Waals surface area contributed by atoms with Gasteiger partial charge in [-0.2, -0.15) is 0 Å². The molecule has 30 heavy (non-hydrogen) atoms. The molecule has 1 atom stereocenters. The minimum Gasteiger partial charge on any atom is -0.406 e. The van der Waals surface area contributed by atoms with Crippen molar-refractivity contribution in [3.63, 3.8) is 0 Å². The average Bonchev–Trinajstić information content (AvgIpc) is 2.68. The van der Waals surface area contributed by atoms with E-state index in [4.69, 9.17) is 0 Å². The highest BCUT2D eigenvalue weighted by Gasteiger charge is 2.45. The van der Waals surface area contributed by atoms with Gasteiger partial charge in [-0.1, -0.05) is 32.9 Å². The lowest BCUT2D eigenvalue weighted by molar-refractivity contribution is -0.274. The Hall–Kier alpha value is -3.00. The zero-order valence-corrected chi connectivity index (χ0v) is 17.0. The predicted octanol–water partition coefficient (Wildman–Crippen LogP) is 5.03. The molecule has 1 N–H and O–H groups in total. The first-order valence-electron chi connectivity index (χ1n) is 9.23. The molecule has 158 valence electrons. The first kappa shape index (κ1) is 21.7. The number of rotatable bonds is 4. The molecule has 0 saturated carbocycles. The van der Waals surface area contributed by atoms with Gasteiger partial charge in [-0.05, 0) is 36.2 Å². The van der Waals surface area contributed by atoms with E-state index >= 15 is 0 Å². The van der Waals surface area contributed by atoms with Crippen molar-refractivity contribution >= 4 is 0 Å². The Labute approximate surface area is 172 Å². The molecule has 0 radical (unpaired) electrons. The minimum absolute atomic E-state index is 0.248. The molecule has 2 heterocycles. The monoisotopic (exact) mass is 417 g/mol. The summed E-state index contributed by atoms with van der Waals surface area (Å²) in [4.78, 5) is 12.5. The fourth-order valence-corrected chi connectivity index (χ4v) is 3.30. The normalized spacial score (nSPS) is 14.3. The second-order valence-corrected chi connectivity index (χ2v) is 8.05. The molecule has 0 spiro atoms. The van der Waals surface area contributed by atoms with Crippen LogP contribution in [0, 0.1) is 12.3 Å². The van der Waals surface area contributed by atoms with E-state index in [0.717, 1.165) is 0 Å². The van der Waals surface area contributed by atoms with Gasteiger partial charge < -0.3 is 9.84 Å². The van der Waals surface area contributed by atoms with Gasteiger partial charge in [-0.15, -0.1) is 13.2 Å². The van der Waals surface area contributed by atoms with Gasteiger partial charge in [0.1, 0.15) is 17.7 Å². The van der Waals surface area contributed by atoms with Crippen LogP contribution in [-0.4, -0.2) is 26.4 Å². The topological polar surface area (TPSA) is 68.1 Å². The van der Waals surface area contributed by atoms with Crippen molar-refractivity contribution in [3.05, 3.63) is 72.1 Å². The van der Waals surface area contributed by atoms with E-state index in [-0.39, 0.29) is 5.75 Å². The predicted molar refractivity (Wildman–Crippen MR) is 106 cm³/mol. The van der Waals surface area contributed by atoms with Crippen molar-refractivity contribution in [3.8, 4) is 16.9 Å². The summed E-state index contributed by atoms with van der Waals surface area (Å²) in [7, 11) is 0. The largest absolute Gasteiger partial charge is 0.573 e. The number of pyridine rings is 1. The number of aliphatic hydroxyl groups is 1. The first-order chi connectivity index (χ1) is 13.9. The maximum absolute atomic E-state index is 12.5. The van der Waals surface area contributed by atoms with Crippen molar-refractivity contribution in [2.45, 2.75) is 39.7 Å². The Morgan fingerprint density at radius 2 is 1.53 bits per heavy atom. The molecule has 8 heteroatoms. The molecule has 5 nitrogen and oxygen atoms in total. The Bertz CT molecular complexity index is 1020. The molecule has 2 aromatic heterocycles. The zero-order valence-electron chi connectivity index (χ0n) is 17.0. The second-order valence-electron chi connectivity index (χ2n) is 8.05. The van der Waals surface area contributed by atoms with Crippen molar-refractivity contribution in [2.75, 3.05) is 0 Å². The molecule has 0 bridgehead atoms. The van der Waals surface area contributed by atoms with Crippen LogP contribution in [0.4, 0.5) is 13.2 Å². The fourth-order valence-electron chi connectivity index (χ4n) is 3.30. The maximum Gasteiger partial charge on any atom is 0.573 e. The Balaban J connectivity index is 1.97. The van der Waals surface area contributed by atoms with Gasteiger partial charge in [0.2, 0.25) is 0 Å². The number of ether oxygens (including phenoxy) is 1. The van der Waals surface area contributed by atoms with Crippen LogP contribution in [0.2, 0.25) is 0 Å². The molecule has 1 aromatic carbocycles. The summed E-state index contributed by atoms with van der Waals surface area (Å²) in [5.74, 6) is -0.248. The van der Waals surface area contributed by atoms with Gasteiger partial charge >= 0.3 is 6.36 Å². The van der Waals surface area contributed by atoms with E-state index in [1.807, 2.05) is 20.8 Å². The quantitative estimate of drug-likeness (QED) is 0.645. The van der Waals surface area contributed by atoms with Crippen LogP contribution in [0.1, 0.15) is 37.6 Å². The number of halogens is 3. The molecule has 3 aromatic rings. The summed E-state index contributed by atoms with van der Waals surface area (Å²) in [6.45, 7) is 7.20. The number of hydrogen-bond donors (Lipinski definition) is 1. The minimum atomic E-state index is -4.74. The maximum atomic E-state index is 12.5. The smallest absolute Gasteiger partial charge is 0.406 e. The highest BCUT2D eigenvalue weighted by molar-refractivity contribution is 5.65. The lowest BCUT2D eigenvalue weighted by Crippen LogP contribution is -2.42. The standard InChI is InChI=1S/C22H22F3N3O2/c1-14-9-15(5-7-18(14)30-22(23,24)25)16-6-8-19(28-10-16)21(29,20(2,3)4)17-11-26-13-27-12-17/h5-13,29H,1-4H3. The van der Waals surface area contributed by atoms with E-state index in [1.54, 1.807) is 43.7 Å². The average molecular weight is 417 g/mol. The third kappa shape index (κ3) is 4.28. The van der Waals surface area contributed by atoms with Gasteiger partial charge in [0.15, 0.2) is 0 Å². The van der Waals surface area contributed by atoms with E-state index in [9.17, 15) is 18.3 Å². The van der Waals surface area contributed by atoms with Gasteiger partial charge in [-0.25, -0.2) is 9.97 Å². The van der Waals surface area contributed by atoms with E-state index in [0.29, 0.717) is 27.9 Å². The van der Waals surface area contributed by atoms with E-state index in [1.165, 1.54) is 18.5 Å². The number of aryl methyl sites for hydroxylation is 1. The van der Waals surface area contributed by atoms with Crippen LogP contribution in [0.15, 0.2) is 55.2 Å². The number of alkyl halides is 3. The number of hydrogen-bond acceptors (Lipinski definition) is 5. The Morgan fingerprint density at radius 3 is 2.03 bits per heavy atom. The Morgan fingerprint density at radius 1 is 0.900 bits per heavy atom. The Kier molecular flexibility index (Phi) is 5.56. The summed E-state index contributed by atoms with van der Waals surface area (Å²) in [5.41, 5.74) is 0.613. The number of nitrogens with zero attached hydrogens (tertiary/aromatic N) is 3. The number of aromatic nitrogens is 3. The first-order valence-corrected chi connectivity index (χ1v) is 9.23. The van der Waals surface area contributed by atoms with Crippen molar-refractivity contribution in [2.24, 2.45) is 5.41 Å². The number of benzene rings is 1. The van der Waals surface area contributed by atoms with Gasteiger partial charge in [-0.3, -0.25) is 4.98 Å². The van der Waals surface area contributed by atoms with Crippen molar-refractivity contribution < 1.29 is 23.0 Å². The van der Waals surface area contributed by atoms with Gasteiger partial charge in [0.25, 0.3) is 0 Å². The van der Waals surface area contributed by atoms with Gasteiger partial charge in [0, 0.05) is 35.1 Å². The molecule has 3 rings (SSSR count). The van der Waals surface area contributed by atoms with Crippen LogP contribution in [0.25, 0.3) is 11.1 Å². The molecule has 0 aliphatic heterocycles. The summed E-state index contributed by atoms with van der Waals surface area (Å²) < 4.78 is 41.4. The fraction of sp³-hybridized carbons (Fsp3) is 0.318. The third-order valence-corrected chi connectivity index (χ3v) is 4.93. The lowest BCUT2D eigenvalue weighted by Gasteiger charge is -2.39. The molecule has 0 fully saturated rings. The molecule has 0 aliphatic carbocycles. The van der Waals surface area contributed by atoms with E-state index in [2.05, 4.69) is 19.7 Å².